The third-order valence-electron chi connectivity index (χ3n) is 22.5. The Morgan fingerprint density at radius 2 is 0.333 bits per heavy atom. The number of hydrogen-bond donors (Lipinski definition) is 0. The Bertz CT molecular complexity index is 3990. The molecule has 0 aliphatic rings. The molecule has 0 fully saturated rings. The molecule has 0 aromatic heterocycles. The molecule has 12 heteroatoms. The Morgan fingerprint density at radius 1 is 0.189 bits per heavy atom. The monoisotopic (exact) mass is 1310 g/mol. The van der Waals surface area contributed by atoms with Crippen molar-refractivity contribution in [3.63, 3.8) is 0 Å². The fourth-order valence-electron chi connectivity index (χ4n) is 10.2. The van der Waals surface area contributed by atoms with Crippen LogP contribution in [0.1, 0.15) is 125 Å². The zero-order valence-corrected chi connectivity index (χ0v) is 67.0. The van der Waals surface area contributed by atoms with Crippen LogP contribution in [0.25, 0.3) is 86.9 Å². The van der Waals surface area contributed by atoms with Gasteiger partial charge in [-0.15, -0.1) is 0 Å². The first-order chi connectivity index (χ1) is 40.9. The van der Waals surface area contributed by atoms with Gasteiger partial charge < -0.3 is 26.6 Å². The molecule has 0 N–H and O–H groups in total. The van der Waals surface area contributed by atoms with Gasteiger partial charge in [0.2, 0.25) is 0 Å². The van der Waals surface area contributed by atoms with Gasteiger partial charge in [0.15, 0.2) is 34.5 Å². The number of hydrogen-bond acceptors (Lipinski definition) is 6. The summed E-state index contributed by atoms with van der Waals surface area (Å²) in [6.07, 6.45) is 0. The lowest BCUT2D eigenvalue weighted by Crippen LogP contribution is -2.45. The second-order valence-electron chi connectivity index (χ2n) is 35.3. The Hall–Kier alpha value is -5.36. The predicted molar refractivity (Wildman–Crippen MR) is 409 cm³/mol. The highest BCUT2D eigenvalue weighted by Crippen LogP contribution is 2.56. The Morgan fingerprint density at radius 3 is 0.500 bits per heavy atom. The first-order valence-electron chi connectivity index (χ1n) is 33.1. The summed E-state index contributed by atoms with van der Waals surface area (Å²) < 4.78 is 46.1. The summed E-state index contributed by atoms with van der Waals surface area (Å²) in [5, 5.41) is 12.9. The Kier molecular flexibility index (Phi) is 17.4. The topological polar surface area (TPSA) is 55.4 Å². The number of fused-ring (bicyclic) bond motifs is 9. The van der Waals surface area contributed by atoms with Gasteiger partial charge in [0.1, 0.15) is 0 Å². The molecule has 6 nitrogen and oxygen atoms in total. The minimum absolute atomic E-state index is 0.0333. The van der Waals surface area contributed by atoms with E-state index in [0.717, 1.165) is 121 Å². The molecule has 0 bridgehead atoms. The second kappa shape index (κ2) is 22.7. The molecule has 9 aromatic rings. The van der Waals surface area contributed by atoms with Gasteiger partial charge >= 0.3 is 0 Å². The summed E-state index contributed by atoms with van der Waals surface area (Å²) in [6, 6.07) is 45.5. The molecular weight excluding hydrogens is 1200 g/mol. The first kappa shape index (κ1) is 69.0. The molecule has 0 heterocycles. The molecule has 9 rings (SSSR count). The third-order valence-corrected chi connectivity index (χ3v) is 48.5. The van der Waals surface area contributed by atoms with Crippen LogP contribution in [0.5, 0.6) is 34.5 Å². The van der Waals surface area contributed by atoms with Gasteiger partial charge in [-0.05, 0) is 188 Å². The van der Waals surface area contributed by atoms with E-state index in [0.29, 0.717) is 0 Å². The molecule has 9 aromatic carbocycles. The van der Waals surface area contributed by atoms with Gasteiger partial charge in [0.25, 0.3) is 49.9 Å². The van der Waals surface area contributed by atoms with Gasteiger partial charge in [-0.2, -0.15) is 0 Å². The van der Waals surface area contributed by atoms with Crippen LogP contribution >= 0.6 is 0 Å². The van der Waals surface area contributed by atoms with Crippen LogP contribution in [-0.4, -0.2) is 49.9 Å². The Labute approximate surface area is 548 Å². The lowest BCUT2D eigenvalue weighted by Gasteiger charge is -2.40. The lowest BCUT2D eigenvalue weighted by atomic mass is 9.92. The molecule has 0 aliphatic carbocycles. The van der Waals surface area contributed by atoms with Crippen molar-refractivity contribution in [1.29, 1.82) is 0 Å². The van der Waals surface area contributed by atoms with Gasteiger partial charge in [0.05, 0.1) is 0 Å². The molecule has 0 atom stereocenters. The van der Waals surface area contributed by atoms with Crippen molar-refractivity contribution >= 4 is 115 Å². The van der Waals surface area contributed by atoms with Gasteiger partial charge in [0, 0.05) is 32.3 Å². The van der Waals surface area contributed by atoms with Crippen molar-refractivity contribution in [2.24, 2.45) is 0 Å². The summed E-state index contributed by atoms with van der Waals surface area (Å²) in [6.45, 7) is 70.1. The van der Waals surface area contributed by atoms with E-state index in [9.17, 15) is 0 Å². The molecule has 0 aliphatic heterocycles. The summed E-state index contributed by atoms with van der Waals surface area (Å²) >= 11 is 0. The molecule has 90 heavy (non-hydrogen) atoms. The van der Waals surface area contributed by atoms with Crippen LogP contribution in [0.2, 0.25) is 109 Å². The maximum absolute atomic E-state index is 7.88. The maximum Gasteiger partial charge on any atom is 0.250 e. The quantitative estimate of drug-likeness (QED) is 0.0799. The van der Waals surface area contributed by atoms with E-state index >= 15 is 0 Å². The fraction of sp³-hybridized carbons (Fsp3) is 0.462. The molecule has 0 radical (unpaired) electrons. The van der Waals surface area contributed by atoms with Crippen LogP contribution < -0.4 is 26.6 Å². The standard InChI is InChI=1S/C78H110O6Si6/c1-73(2,3)85(19,20)79-67-61-37-33-31-35-55(61)57-43-39-51(47-63(57)69(67)81-87(23,24)75(7,8)9)53-41-45-59-60-46-42-54(50-66(60)72(84-90(29,30)78(16,17)18)71(65(59)49-53)83-89(27,28)77(13,14)15)52-40-44-58-56-36-32-34-38-62(56)68(80-86(21,22)74(4,5)6)70(64(58)48-52)82-88(25,26)76(10,11)12/h31-50H,1-30H3. The van der Waals surface area contributed by atoms with Gasteiger partial charge in [-0.25, -0.2) is 0 Å². The average molecular weight is 1310 g/mol. The van der Waals surface area contributed by atoms with E-state index in [-0.39, 0.29) is 30.2 Å². The second-order valence-corrected chi connectivity index (χ2v) is 63.6. The largest absolute Gasteiger partial charge is 0.541 e. The first-order valence-corrected chi connectivity index (χ1v) is 50.5. The van der Waals surface area contributed by atoms with Crippen molar-refractivity contribution in [2.75, 3.05) is 0 Å². The highest BCUT2D eigenvalue weighted by molar-refractivity contribution is 6.77. The molecule has 0 saturated carbocycles. The number of rotatable bonds is 14. The summed E-state index contributed by atoms with van der Waals surface area (Å²) in [5.41, 5.74) is 4.37. The fourth-order valence-corrected chi connectivity index (χ4v) is 16.3. The van der Waals surface area contributed by atoms with Crippen molar-refractivity contribution in [3.8, 4) is 56.8 Å². The molecule has 482 valence electrons. The van der Waals surface area contributed by atoms with Crippen molar-refractivity contribution in [3.05, 3.63) is 121 Å². The van der Waals surface area contributed by atoms with E-state index in [1.165, 1.54) is 0 Å². The van der Waals surface area contributed by atoms with E-state index < -0.39 is 49.9 Å². The Balaban J connectivity index is 1.36. The normalized spacial score (nSPS) is 14.1. The summed E-state index contributed by atoms with van der Waals surface area (Å²) in [4.78, 5) is 0. The maximum atomic E-state index is 7.88. The molecule has 0 saturated heterocycles. The van der Waals surface area contributed by atoms with Crippen LogP contribution in [0.15, 0.2) is 121 Å². The molecule has 0 amide bonds. The van der Waals surface area contributed by atoms with Crippen LogP contribution in [0.4, 0.5) is 0 Å². The van der Waals surface area contributed by atoms with E-state index in [1.807, 2.05) is 0 Å². The smallest absolute Gasteiger partial charge is 0.250 e. The van der Waals surface area contributed by atoms with E-state index in [2.05, 4.69) is 325 Å². The lowest BCUT2D eigenvalue weighted by molar-refractivity contribution is 0.447. The van der Waals surface area contributed by atoms with Crippen LogP contribution in [0.3, 0.4) is 0 Å². The molecule has 0 spiro atoms. The minimum Gasteiger partial charge on any atom is -0.541 e. The van der Waals surface area contributed by atoms with Gasteiger partial charge in [-0.3, -0.25) is 0 Å². The highest BCUT2D eigenvalue weighted by atomic mass is 28.4. The number of benzene rings is 9. The van der Waals surface area contributed by atoms with E-state index in [1.54, 1.807) is 0 Å². The minimum atomic E-state index is -2.56. The third kappa shape index (κ3) is 12.7. The van der Waals surface area contributed by atoms with Crippen LogP contribution in [0, 0.1) is 0 Å². The van der Waals surface area contributed by atoms with Crippen molar-refractivity contribution in [2.45, 2.75) is 233 Å². The molecule has 0 unspecified atom stereocenters. The van der Waals surface area contributed by atoms with Crippen molar-refractivity contribution in [1.82, 2.24) is 0 Å². The zero-order valence-electron chi connectivity index (χ0n) is 61.0. The predicted octanol–water partition coefficient (Wildman–Crippen LogP) is 26.2. The average Bonchev–Trinajstić information content (AvgIpc) is 0.740. The molecular formula is C78H110O6Si6. The zero-order chi connectivity index (χ0) is 67.1. The van der Waals surface area contributed by atoms with Crippen molar-refractivity contribution < 1.29 is 26.6 Å². The summed E-state index contributed by atoms with van der Waals surface area (Å²) in [7, 11) is -14.7. The van der Waals surface area contributed by atoms with Crippen LogP contribution in [-0.2, 0) is 0 Å². The SMILES string of the molecule is CC(C)(C)[Si](C)(C)Oc1c(O[Si](C)(C)C(C)(C)C)c2cc(-c3ccc4c(c3)c(O[Si](C)(C)C(C)(C)C)c(O[Si](C)(C)C(C)(C)C)c3cc(-c5ccc6c(c5)c(O[Si](C)(C)C(C)(C)C)c(O[Si](C)(C)C(C)(C)C)c5ccccc56)ccc34)ccc2c2ccccc12. The highest BCUT2D eigenvalue weighted by Gasteiger charge is 2.47. The summed E-state index contributed by atoms with van der Waals surface area (Å²) in [5.74, 6) is 5.10. The van der Waals surface area contributed by atoms with E-state index in [4.69, 9.17) is 26.6 Å². The van der Waals surface area contributed by atoms with Gasteiger partial charge in [-0.1, -0.05) is 222 Å².